The summed E-state index contributed by atoms with van der Waals surface area (Å²) in [5, 5.41) is 11.1. The Labute approximate surface area is 242 Å². The average molecular weight is 609 g/mol. The number of carbonyl (C=O) groups excluding carboxylic acids is 2. The lowest BCUT2D eigenvalue weighted by Gasteiger charge is -2.34. The molecule has 1 atom stereocenters. The quantitative estimate of drug-likeness (QED) is 0.413. The number of rotatable bonds is 8. The molecule has 0 aromatic carbocycles. The molecule has 5 heterocycles. The molecule has 0 spiro atoms. The third-order valence-corrected chi connectivity index (χ3v) is 10.4. The number of sulfone groups is 1. The summed E-state index contributed by atoms with van der Waals surface area (Å²) in [5.41, 5.74) is 0.846. The first-order valence-electron chi connectivity index (χ1n) is 13.3. The fraction of sp³-hybridized carbons (Fsp3) is 0.538. The normalized spacial score (nSPS) is 19.0. The van der Waals surface area contributed by atoms with Crippen LogP contribution >= 0.6 is 22.9 Å². The van der Waals surface area contributed by atoms with Crippen molar-refractivity contribution in [2.24, 2.45) is 0 Å². The molecule has 2 fully saturated rings. The second-order valence-corrected chi connectivity index (χ2v) is 14.8. The molecule has 11 nitrogen and oxygen atoms in total. The van der Waals surface area contributed by atoms with Crippen LogP contribution in [0.3, 0.4) is 0 Å². The van der Waals surface area contributed by atoms with Crippen LogP contribution < -0.4 is 5.32 Å². The van der Waals surface area contributed by atoms with E-state index in [-0.39, 0.29) is 36.4 Å². The zero-order valence-electron chi connectivity index (χ0n) is 22.7. The first-order valence-corrected chi connectivity index (χ1v) is 16.4. The molecule has 5 rings (SSSR count). The summed E-state index contributed by atoms with van der Waals surface area (Å²) in [7, 11) is -3.27. The summed E-state index contributed by atoms with van der Waals surface area (Å²) in [6.07, 6.45) is 3.23. The highest BCUT2D eigenvalue weighted by Gasteiger charge is 2.34. The third-order valence-electron chi connectivity index (χ3n) is 7.55. The number of hydrogen-bond acceptors (Lipinski definition) is 9. The molecule has 216 valence electrons. The largest absolute Gasteiger partial charge is 0.355 e. The van der Waals surface area contributed by atoms with Gasteiger partial charge in [-0.25, -0.2) is 8.42 Å². The molecule has 3 aromatic rings. The number of halogens is 1. The van der Waals surface area contributed by atoms with Crippen LogP contribution in [0, 0.1) is 0 Å². The highest BCUT2D eigenvalue weighted by Crippen LogP contribution is 2.31. The molecule has 2 amide bonds. The maximum Gasteiger partial charge on any atom is 0.274 e. The lowest BCUT2D eigenvalue weighted by Crippen LogP contribution is -2.46. The summed E-state index contributed by atoms with van der Waals surface area (Å²) in [6.45, 7) is 6.66. The molecule has 2 aliphatic heterocycles. The van der Waals surface area contributed by atoms with Crippen LogP contribution in [-0.4, -0.2) is 94.7 Å². The van der Waals surface area contributed by atoms with Crippen molar-refractivity contribution in [2.75, 3.05) is 32.4 Å². The van der Waals surface area contributed by atoms with Crippen LogP contribution in [0.4, 0.5) is 0 Å². The van der Waals surface area contributed by atoms with Crippen LogP contribution in [-0.2, 0) is 16.4 Å². The Morgan fingerprint density at radius 3 is 2.55 bits per heavy atom. The van der Waals surface area contributed by atoms with Crippen molar-refractivity contribution in [3.8, 4) is 10.6 Å². The van der Waals surface area contributed by atoms with Crippen LogP contribution in [0.25, 0.3) is 10.6 Å². The van der Waals surface area contributed by atoms with Gasteiger partial charge in [-0.2, -0.15) is 5.10 Å². The molecular formula is C26H33ClN6O5S2. The summed E-state index contributed by atoms with van der Waals surface area (Å²) in [4.78, 5) is 31.5. The Balaban J connectivity index is 1.36. The van der Waals surface area contributed by atoms with Gasteiger partial charge < -0.3 is 19.6 Å². The zero-order chi connectivity index (χ0) is 28.6. The molecule has 0 bridgehead atoms. The fourth-order valence-corrected chi connectivity index (χ4v) is 7.15. The van der Waals surface area contributed by atoms with E-state index in [4.69, 9.17) is 16.1 Å². The molecule has 0 saturated carbocycles. The van der Waals surface area contributed by atoms with E-state index >= 15 is 0 Å². The van der Waals surface area contributed by atoms with Crippen LogP contribution in [0.15, 0.2) is 28.8 Å². The Kier molecular flexibility index (Phi) is 8.37. The lowest BCUT2D eigenvalue weighted by atomic mass is 10.0. The number of piperidine rings is 1. The number of amides is 2. The van der Waals surface area contributed by atoms with Crippen LogP contribution in [0.5, 0.6) is 0 Å². The second kappa shape index (κ2) is 11.6. The minimum absolute atomic E-state index is 0.0151. The number of carbonyl (C=O) groups is 2. The number of likely N-dealkylation sites (tertiary alicyclic amines) is 2. The van der Waals surface area contributed by atoms with Gasteiger partial charge in [-0.15, -0.1) is 11.3 Å². The summed E-state index contributed by atoms with van der Waals surface area (Å²) < 4.78 is 31.6. The number of hydrogen-bond donors (Lipinski definition) is 1. The number of nitrogens with zero attached hydrogens (tertiary/aromatic N) is 5. The monoisotopic (exact) mass is 608 g/mol. The Hall–Kier alpha value is -2.74. The van der Waals surface area contributed by atoms with E-state index in [1.165, 1.54) is 33.2 Å². The van der Waals surface area contributed by atoms with Gasteiger partial charge >= 0.3 is 0 Å². The number of aromatic nitrogens is 3. The molecule has 2 aliphatic rings. The molecule has 1 N–H and O–H groups in total. The summed E-state index contributed by atoms with van der Waals surface area (Å²) in [5.74, 6) is -0.181. The zero-order valence-corrected chi connectivity index (χ0v) is 25.1. The molecular weight excluding hydrogens is 576 g/mol. The van der Waals surface area contributed by atoms with Crippen molar-refractivity contribution >= 4 is 44.6 Å². The first kappa shape index (κ1) is 28.8. The van der Waals surface area contributed by atoms with Crippen molar-refractivity contribution in [1.82, 2.24) is 30.1 Å². The molecule has 40 heavy (non-hydrogen) atoms. The van der Waals surface area contributed by atoms with E-state index in [2.05, 4.69) is 34.3 Å². The third kappa shape index (κ3) is 6.42. The van der Waals surface area contributed by atoms with Crippen LogP contribution in [0.1, 0.15) is 59.8 Å². The molecule has 0 aliphatic carbocycles. The van der Waals surface area contributed by atoms with Gasteiger partial charge in [0.05, 0.1) is 21.0 Å². The lowest BCUT2D eigenvalue weighted by molar-refractivity contribution is 0.0786. The van der Waals surface area contributed by atoms with Gasteiger partial charge in [0.2, 0.25) is 0 Å². The summed E-state index contributed by atoms with van der Waals surface area (Å²) in [6, 6.07) is 7.32. The van der Waals surface area contributed by atoms with E-state index in [0.29, 0.717) is 34.8 Å². The highest BCUT2D eigenvalue weighted by molar-refractivity contribution is 7.91. The van der Waals surface area contributed by atoms with E-state index in [1.54, 1.807) is 12.1 Å². The van der Waals surface area contributed by atoms with Gasteiger partial charge in [0.1, 0.15) is 11.4 Å². The first-order chi connectivity index (χ1) is 19.0. The fourth-order valence-electron chi connectivity index (χ4n) is 5.17. The Bertz CT molecular complexity index is 1490. The van der Waals surface area contributed by atoms with Crippen molar-refractivity contribution in [3.63, 3.8) is 0 Å². The van der Waals surface area contributed by atoms with Crippen molar-refractivity contribution in [2.45, 2.75) is 57.0 Å². The minimum atomic E-state index is -3.27. The van der Waals surface area contributed by atoms with Gasteiger partial charge in [0.15, 0.2) is 21.3 Å². The topological polar surface area (TPSA) is 131 Å². The molecule has 0 radical (unpaired) electrons. The smallest absolute Gasteiger partial charge is 0.274 e. The van der Waals surface area contributed by atoms with E-state index in [0.717, 1.165) is 30.8 Å². The summed E-state index contributed by atoms with van der Waals surface area (Å²) >= 11 is 7.41. The van der Waals surface area contributed by atoms with Crippen molar-refractivity contribution < 1.29 is 22.5 Å². The van der Waals surface area contributed by atoms with Gasteiger partial charge in [0, 0.05) is 56.7 Å². The molecule has 1 unspecified atom stereocenters. The van der Waals surface area contributed by atoms with Gasteiger partial charge in [-0.05, 0) is 45.2 Å². The van der Waals surface area contributed by atoms with Gasteiger partial charge in [0.25, 0.3) is 11.8 Å². The second-order valence-electron chi connectivity index (χ2n) is 10.7. The molecule has 3 aromatic heterocycles. The predicted molar refractivity (Wildman–Crippen MR) is 153 cm³/mol. The predicted octanol–water partition coefficient (Wildman–Crippen LogP) is 3.16. The minimum Gasteiger partial charge on any atom is -0.355 e. The maximum atomic E-state index is 13.5. The van der Waals surface area contributed by atoms with E-state index < -0.39 is 21.0 Å². The van der Waals surface area contributed by atoms with Gasteiger partial charge in [-0.1, -0.05) is 16.8 Å². The SMILES string of the molecule is CC(C)N1CCC(NC(=O)c2cc(C(=O)N3CCC(S(C)(=O)=O)C3)nn2Cc2cc(-c3ccc(Cl)s3)on2)CC1. The highest BCUT2D eigenvalue weighted by atomic mass is 35.5. The van der Waals surface area contributed by atoms with E-state index in [1.807, 2.05) is 6.07 Å². The van der Waals surface area contributed by atoms with Crippen molar-refractivity contribution in [1.29, 1.82) is 0 Å². The number of nitrogens with one attached hydrogen (secondary N) is 1. The van der Waals surface area contributed by atoms with Gasteiger partial charge in [-0.3, -0.25) is 14.3 Å². The van der Waals surface area contributed by atoms with Crippen LogP contribution in [0.2, 0.25) is 4.34 Å². The maximum absolute atomic E-state index is 13.5. The molecule has 2 saturated heterocycles. The Morgan fingerprint density at radius 1 is 1.18 bits per heavy atom. The average Bonchev–Trinajstić information content (AvgIpc) is 3.70. The van der Waals surface area contributed by atoms with Crippen molar-refractivity contribution in [3.05, 3.63) is 45.7 Å². The number of thiophene rings is 1. The molecule has 14 heteroatoms. The van der Waals surface area contributed by atoms with E-state index in [9.17, 15) is 18.0 Å². The Morgan fingerprint density at radius 2 is 1.93 bits per heavy atom. The standard InChI is InChI=1S/C26H33ClN6O5S2/c1-16(2)31-9-6-17(7-10-31)28-25(34)21-13-20(26(35)32-11-8-19(15-32)40(3,36)37)29-33(21)14-18-12-22(38-30-18)23-4-5-24(27)39-23/h4-5,12-13,16-17,19H,6-11,14-15H2,1-3H3,(H,28,34).